The lowest BCUT2D eigenvalue weighted by molar-refractivity contribution is 0.559. The zero-order valence-corrected chi connectivity index (χ0v) is 12.0. The molecule has 106 valence electrons. The van der Waals surface area contributed by atoms with E-state index in [0.717, 1.165) is 25.0 Å². The fourth-order valence-corrected chi connectivity index (χ4v) is 4.39. The van der Waals surface area contributed by atoms with E-state index in [0.29, 0.717) is 24.2 Å². The summed E-state index contributed by atoms with van der Waals surface area (Å²) in [5.74, 6) is 1.06. The van der Waals surface area contributed by atoms with Gasteiger partial charge < -0.3 is 5.32 Å². The van der Waals surface area contributed by atoms with Crippen LogP contribution in [-0.2, 0) is 22.7 Å². The molecule has 1 fully saturated rings. The number of hydrogen-bond donors (Lipinski definition) is 1. The normalized spacial score (nSPS) is 21.1. The maximum absolute atomic E-state index is 11.4. The van der Waals surface area contributed by atoms with Gasteiger partial charge in [0.1, 0.15) is 21.7 Å². The number of nitrogens with zero attached hydrogens (tertiary/aromatic N) is 2. The third kappa shape index (κ3) is 2.63. The Morgan fingerprint density at radius 3 is 2.75 bits per heavy atom. The standard InChI is InChI=1S/C14H17N3O2S/c15-9-11-8-10-2-1-3-13(10)17-14(11)16-12-4-6-20(18,19)7-5-12/h8,12H,1-7H2,(H,16,17). The second kappa shape index (κ2) is 5.06. The van der Waals surface area contributed by atoms with Crippen LogP contribution in [0.3, 0.4) is 0 Å². The van der Waals surface area contributed by atoms with Crippen LogP contribution in [0, 0.1) is 11.3 Å². The first-order chi connectivity index (χ1) is 9.57. The van der Waals surface area contributed by atoms with Crippen molar-refractivity contribution in [3.63, 3.8) is 0 Å². The van der Waals surface area contributed by atoms with E-state index in [1.165, 1.54) is 5.56 Å². The van der Waals surface area contributed by atoms with Crippen molar-refractivity contribution in [1.29, 1.82) is 5.26 Å². The predicted octanol–water partition coefficient (Wildman–Crippen LogP) is 1.43. The average molecular weight is 291 g/mol. The summed E-state index contributed by atoms with van der Waals surface area (Å²) in [5.41, 5.74) is 2.83. The van der Waals surface area contributed by atoms with Crippen molar-refractivity contribution in [3.8, 4) is 6.07 Å². The lowest BCUT2D eigenvalue weighted by atomic mass is 10.1. The molecule has 1 aliphatic heterocycles. The van der Waals surface area contributed by atoms with Gasteiger partial charge in [-0.15, -0.1) is 0 Å². The molecule has 3 rings (SSSR count). The highest BCUT2D eigenvalue weighted by atomic mass is 32.2. The maximum atomic E-state index is 11.4. The molecule has 0 radical (unpaired) electrons. The summed E-state index contributed by atoms with van der Waals surface area (Å²) in [5, 5.41) is 12.5. The topological polar surface area (TPSA) is 82.8 Å². The Morgan fingerprint density at radius 1 is 1.30 bits per heavy atom. The van der Waals surface area contributed by atoms with E-state index < -0.39 is 9.84 Å². The molecule has 0 atom stereocenters. The van der Waals surface area contributed by atoms with E-state index in [1.54, 1.807) is 0 Å². The van der Waals surface area contributed by atoms with Crippen LogP contribution in [0.5, 0.6) is 0 Å². The van der Waals surface area contributed by atoms with Crippen LogP contribution in [0.2, 0.25) is 0 Å². The predicted molar refractivity (Wildman–Crippen MR) is 76.3 cm³/mol. The van der Waals surface area contributed by atoms with E-state index in [9.17, 15) is 13.7 Å². The maximum Gasteiger partial charge on any atom is 0.150 e. The monoisotopic (exact) mass is 291 g/mol. The Balaban J connectivity index is 1.79. The SMILES string of the molecule is N#Cc1cc2c(nc1NC1CCS(=O)(=O)CC1)CCC2. The van der Waals surface area contributed by atoms with Crippen LogP contribution < -0.4 is 5.32 Å². The van der Waals surface area contributed by atoms with Gasteiger partial charge in [0, 0.05) is 11.7 Å². The molecule has 6 heteroatoms. The molecule has 2 aliphatic rings. The highest BCUT2D eigenvalue weighted by Gasteiger charge is 2.25. The Bertz CT molecular complexity index is 662. The van der Waals surface area contributed by atoms with Crippen molar-refractivity contribution in [2.24, 2.45) is 0 Å². The third-order valence-electron chi connectivity index (χ3n) is 4.07. The average Bonchev–Trinajstić information content (AvgIpc) is 2.87. The number of rotatable bonds is 2. The highest BCUT2D eigenvalue weighted by Crippen LogP contribution is 2.26. The number of nitriles is 1. The van der Waals surface area contributed by atoms with Crippen LogP contribution in [0.1, 0.15) is 36.1 Å². The fourth-order valence-electron chi connectivity index (χ4n) is 2.90. The molecule has 2 heterocycles. The second-order valence-corrected chi connectivity index (χ2v) is 7.83. The third-order valence-corrected chi connectivity index (χ3v) is 5.78. The van der Waals surface area contributed by atoms with Gasteiger partial charge >= 0.3 is 0 Å². The number of aromatic nitrogens is 1. The first-order valence-corrected chi connectivity index (χ1v) is 8.79. The van der Waals surface area contributed by atoms with E-state index in [4.69, 9.17) is 0 Å². The van der Waals surface area contributed by atoms with E-state index in [-0.39, 0.29) is 17.5 Å². The molecule has 20 heavy (non-hydrogen) atoms. The molecule has 0 saturated carbocycles. The molecule has 0 amide bonds. The Kier molecular flexibility index (Phi) is 3.38. The molecule has 0 unspecified atom stereocenters. The summed E-state index contributed by atoms with van der Waals surface area (Å²) in [6.45, 7) is 0. The summed E-state index contributed by atoms with van der Waals surface area (Å²) in [6, 6.07) is 4.21. The summed E-state index contributed by atoms with van der Waals surface area (Å²) < 4.78 is 22.9. The molecule has 0 aromatic carbocycles. The molecule has 5 nitrogen and oxygen atoms in total. The zero-order valence-electron chi connectivity index (χ0n) is 11.2. The largest absolute Gasteiger partial charge is 0.366 e. The lowest BCUT2D eigenvalue weighted by Crippen LogP contribution is -2.32. The first kappa shape index (κ1) is 13.4. The molecule has 1 saturated heterocycles. The van der Waals surface area contributed by atoms with Crippen molar-refractivity contribution in [1.82, 2.24) is 4.98 Å². The van der Waals surface area contributed by atoms with Gasteiger partial charge in [-0.2, -0.15) is 5.26 Å². The first-order valence-electron chi connectivity index (χ1n) is 6.97. The van der Waals surface area contributed by atoms with Crippen LogP contribution in [-0.4, -0.2) is 30.9 Å². The number of nitrogens with one attached hydrogen (secondary N) is 1. The van der Waals surface area contributed by atoms with Gasteiger partial charge in [0.25, 0.3) is 0 Å². The Labute approximate surface area is 118 Å². The minimum absolute atomic E-state index is 0.0950. The molecular formula is C14H17N3O2S. The summed E-state index contributed by atoms with van der Waals surface area (Å²) >= 11 is 0. The van der Waals surface area contributed by atoms with Crippen LogP contribution >= 0.6 is 0 Å². The van der Waals surface area contributed by atoms with Crippen molar-refractivity contribution in [2.45, 2.75) is 38.1 Å². The number of pyridine rings is 1. The number of anilines is 1. The Hall–Kier alpha value is -1.61. The lowest BCUT2D eigenvalue weighted by Gasteiger charge is -2.24. The molecular weight excluding hydrogens is 274 g/mol. The van der Waals surface area contributed by atoms with Crippen molar-refractivity contribution in [2.75, 3.05) is 16.8 Å². The van der Waals surface area contributed by atoms with Crippen molar-refractivity contribution in [3.05, 3.63) is 22.9 Å². The summed E-state index contributed by atoms with van der Waals surface area (Å²) in [4.78, 5) is 4.57. The van der Waals surface area contributed by atoms with Crippen molar-refractivity contribution >= 4 is 15.7 Å². The van der Waals surface area contributed by atoms with Gasteiger partial charge in [0.15, 0.2) is 0 Å². The van der Waals surface area contributed by atoms with Gasteiger partial charge in [-0.25, -0.2) is 13.4 Å². The van der Waals surface area contributed by atoms with Gasteiger partial charge in [0.2, 0.25) is 0 Å². The van der Waals surface area contributed by atoms with Gasteiger partial charge in [-0.1, -0.05) is 0 Å². The second-order valence-electron chi connectivity index (χ2n) is 5.53. The smallest absolute Gasteiger partial charge is 0.150 e. The minimum atomic E-state index is -2.86. The zero-order chi connectivity index (χ0) is 14.2. The number of fused-ring (bicyclic) bond motifs is 1. The van der Waals surface area contributed by atoms with E-state index >= 15 is 0 Å². The van der Waals surface area contributed by atoms with Gasteiger partial charge in [-0.3, -0.25) is 0 Å². The molecule has 1 aromatic heterocycles. The molecule has 0 bridgehead atoms. The summed E-state index contributed by atoms with van der Waals surface area (Å²) in [6.07, 6.45) is 4.24. The van der Waals surface area contributed by atoms with E-state index in [1.807, 2.05) is 6.07 Å². The summed E-state index contributed by atoms with van der Waals surface area (Å²) in [7, 11) is -2.86. The van der Waals surface area contributed by atoms with Crippen LogP contribution in [0.25, 0.3) is 0 Å². The minimum Gasteiger partial charge on any atom is -0.366 e. The molecule has 1 aliphatic carbocycles. The quantitative estimate of drug-likeness (QED) is 0.891. The van der Waals surface area contributed by atoms with Crippen molar-refractivity contribution < 1.29 is 8.42 Å². The van der Waals surface area contributed by atoms with E-state index in [2.05, 4.69) is 16.4 Å². The molecule has 1 N–H and O–H groups in total. The van der Waals surface area contributed by atoms with Gasteiger partial charge in [0.05, 0.1) is 17.1 Å². The number of aryl methyl sites for hydroxylation is 2. The fraction of sp³-hybridized carbons (Fsp3) is 0.571. The van der Waals surface area contributed by atoms with Crippen LogP contribution in [0.15, 0.2) is 6.07 Å². The van der Waals surface area contributed by atoms with Gasteiger partial charge in [-0.05, 0) is 43.7 Å². The Morgan fingerprint density at radius 2 is 2.05 bits per heavy atom. The number of hydrogen-bond acceptors (Lipinski definition) is 5. The highest BCUT2D eigenvalue weighted by molar-refractivity contribution is 7.91. The number of sulfone groups is 1. The molecule has 0 spiro atoms. The molecule has 1 aromatic rings. The van der Waals surface area contributed by atoms with Crippen LogP contribution in [0.4, 0.5) is 5.82 Å².